The second-order valence-electron chi connectivity index (χ2n) is 4.44. The molecule has 2 heterocycles. The minimum Gasteiger partial charge on any atom is -0.486 e. The number of nitrogens with one attached hydrogen (secondary N) is 1. The summed E-state index contributed by atoms with van der Waals surface area (Å²) in [5.74, 6) is 1.31. The van der Waals surface area contributed by atoms with E-state index in [9.17, 15) is 4.79 Å². The van der Waals surface area contributed by atoms with E-state index in [1.807, 2.05) is 24.3 Å². The normalized spacial score (nSPS) is 16.5. The maximum atomic E-state index is 11.9. The number of aromatic nitrogens is 1. The van der Waals surface area contributed by atoms with Crippen LogP contribution < -0.4 is 14.8 Å². The number of para-hydroxylation sites is 2. The lowest BCUT2D eigenvalue weighted by molar-refractivity contribution is 0.0789. The number of fused-ring (bicyclic) bond motifs is 1. The van der Waals surface area contributed by atoms with Crippen LogP contribution in [0.15, 0.2) is 48.8 Å². The van der Waals surface area contributed by atoms with Gasteiger partial charge in [0.25, 0.3) is 5.91 Å². The monoisotopic (exact) mass is 270 g/mol. The lowest BCUT2D eigenvalue weighted by atomic mass is 10.2. The Balaban J connectivity index is 1.57. The summed E-state index contributed by atoms with van der Waals surface area (Å²) in [5, 5.41) is 2.83. The highest BCUT2D eigenvalue weighted by Crippen LogP contribution is 2.30. The van der Waals surface area contributed by atoms with E-state index in [-0.39, 0.29) is 12.0 Å². The number of carbonyl (C=O) groups is 1. The van der Waals surface area contributed by atoms with Gasteiger partial charge in [0.2, 0.25) is 0 Å². The number of amides is 1. The van der Waals surface area contributed by atoms with Gasteiger partial charge in [-0.25, -0.2) is 0 Å². The van der Waals surface area contributed by atoms with Crippen molar-refractivity contribution in [3.8, 4) is 11.5 Å². The van der Waals surface area contributed by atoms with Gasteiger partial charge in [-0.3, -0.25) is 9.78 Å². The van der Waals surface area contributed by atoms with Gasteiger partial charge in [0.05, 0.1) is 6.54 Å². The van der Waals surface area contributed by atoms with E-state index in [1.165, 1.54) is 0 Å². The van der Waals surface area contributed by atoms with Crippen LogP contribution in [-0.4, -0.2) is 30.1 Å². The molecule has 2 aromatic rings. The first-order valence-corrected chi connectivity index (χ1v) is 6.39. The van der Waals surface area contributed by atoms with Crippen molar-refractivity contribution in [1.29, 1.82) is 0 Å². The van der Waals surface area contributed by atoms with Crippen LogP contribution in [0.1, 0.15) is 10.4 Å². The van der Waals surface area contributed by atoms with Crippen molar-refractivity contribution in [2.24, 2.45) is 0 Å². The van der Waals surface area contributed by atoms with Gasteiger partial charge >= 0.3 is 0 Å². The van der Waals surface area contributed by atoms with Crippen LogP contribution in [0.4, 0.5) is 0 Å². The lowest BCUT2D eigenvalue weighted by Crippen LogP contribution is -2.40. The molecule has 3 rings (SSSR count). The fraction of sp³-hybridized carbons (Fsp3) is 0.200. The molecule has 1 aliphatic rings. The largest absolute Gasteiger partial charge is 0.486 e. The van der Waals surface area contributed by atoms with Gasteiger partial charge in [0.1, 0.15) is 12.7 Å². The highest BCUT2D eigenvalue weighted by Gasteiger charge is 2.21. The average molecular weight is 270 g/mol. The van der Waals surface area contributed by atoms with Crippen LogP contribution in [0.3, 0.4) is 0 Å². The first-order chi connectivity index (χ1) is 9.83. The maximum absolute atomic E-state index is 11.9. The number of nitrogens with zero attached hydrogens (tertiary/aromatic N) is 1. The van der Waals surface area contributed by atoms with Crippen LogP contribution in [-0.2, 0) is 0 Å². The van der Waals surface area contributed by atoms with E-state index in [2.05, 4.69) is 10.3 Å². The number of benzene rings is 1. The minimum atomic E-state index is -0.185. The van der Waals surface area contributed by atoms with Gasteiger partial charge in [-0.05, 0) is 24.3 Å². The molecular formula is C15H14N2O3. The summed E-state index contributed by atoms with van der Waals surface area (Å²) >= 11 is 0. The van der Waals surface area contributed by atoms with Crippen molar-refractivity contribution in [3.05, 3.63) is 54.4 Å². The van der Waals surface area contributed by atoms with Gasteiger partial charge in [0.15, 0.2) is 11.5 Å². The molecule has 102 valence electrons. The predicted molar refractivity (Wildman–Crippen MR) is 72.9 cm³/mol. The second kappa shape index (κ2) is 5.61. The van der Waals surface area contributed by atoms with E-state index >= 15 is 0 Å². The van der Waals surface area contributed by atoms with Crippen LogP contribution in [0.25, 0.3) is 0 Å². The Bertz CT molecular complexity index is 601. The molecule has 1 aliphatic heterocycles. The van der Waals surface area contributed by atoms with Gasteiger partial charge in [0, 0.05) is 18.0 Å². The molecule has 0 fully saturated rings. The summed E-state index contributed by atoms with van der Waals surface area (Å²) < 4.78 is 11.4. The summed E-state index contributed by atoms with van der Waals surface area (Å²) in [6.07, 6.45) is 2.99. The Hall–Kier alpha value is -2.56. The van der Waals surface area contributed by atoms with Crippen molar-refractivity contribution in [3.63, 3.8) is 0 Å². The molecule has 1 aromatic carbocycles. The number of carbonyl (C=O) groups excluding carboxylic acids is 1. The quantitative estimate of drug-likeness (QED) is 0.921. The SMILES string of the molecule is O=C(NC[C@@H]1COc2ccccc2O1)c1ccncc1. The smallest absolute Gasteiger partial charge is 0.251 e. The zero-order valence-corrected chi connectivity index (χ0v) is 10.8. The highest BCUT2D eigenvalue weighted by atomic mass is 16.6. The molecule has 0 unspecified atom stereocenters. The third-order valence-electron chi connectivity index (χ3n) is 3.00. The van der Waals surface area contributed by atoms with Crippen LogP contribution in [0.2, 0.25) is 0 Å². The fourth-order valence-electron chi connectivity index (χ4n) is 1.98. The standard InChI is InChI=1S/C15H14N2O3/c18-15(11-5-7-16-8-6-11)17-9-12-10-19-13-3-1-2-4-14(13)20-12/h1-8,12H,9-10H2,(H,17,18)/t12-/m1/s1. The summed E-state index contributed by atoms with van der Waals surface area (Å²) in [7, 11) is 0. The van der Waals surface area contributed by atoms with Gasteiger partial charge in [-0.15, -0.1) is 0 Å². The van der Waals surface area contributed by atoms with E-state index in [1.54, 1.807) is 24.5 Å². The molecule has 0 aliphatic carbocycles. The number of hydrogen-bond acceptors (Lipinski definition) is 4. The molecule has 0 bridgehead atoms. The molecule has 1 aromatic heterocycles. The van der Waals surface area contributed by atoms with Crippen LogP contribution >= 0.6 is 0 Å². The zero-order valence-electron chi connectivity index (χ0n) is 10.8. The van der Waals surface area contributed by atoms with Gasteiger partial charge in [-0.2, -0.15) is 0 Å². The second-order valence-corrected chi connectivity index (χ2v) is 4.44. The lowest BCUT2D eigenvalue weighted by Gasteiger charge is -2.26. The molecule has 0 radical (unpaired) electrons. The van der Waals surface area contributed by atoms with E-state index in [4.69, 9.17) is 9.47 Å². The summed E-state index contributed by atoms with van der Waals surface area (Å²) in [4.78, 5) is 15.8. The summed E-state index contributed by atoms with van der Waals surface area (Å²) in [5.41, 5.74) is 0.581. The molecule has 1 N–H and O–H groups in total. The van der Waals surface area contributed by atoms with Crippen molar-refractivity contribution in [1.82, 2.24) is 10.3 Å². The molecule has 0 saturated carbocycles. The predicted octanol–water partition coefficient (Wildman–Crippen LogP) is 1.65. The van der Waals surface area contributed by atoms with Crippen molar-refractivity contribution in [2.45, 2.75) is 6.10 Å². The third kappa shape index (κ3) is 2.71. The van der Waals surface area contributed by atoms with Crippen molar-refractivity contribution in [2.75, 3.05) is 13.2 Å². The first kappa shape index (κ1) is 12.5. The number of rotatable bonds is 3. The Morgan fingerprint density at radius 2 is 1.95 bits per heavy atom. The molecule has 0 spiro atoms. The Morgan fingerprint density at radius 1 is 1.20 bits per heavy atom. The zero-order chi connectivity index (χ0) is 13.8. The minimum absolute atomic E-state index is 0.144. The van der Waals surface area contributed by atoms with E-state index < -0.39 is 0 Å². The average Bonchev–Trinajstić information content (AvgIpc) is 2.53. The first-order valence-electron chi connectivity index (χ1n) is 6.39. The summed E-state index contributed by atoms with van der Waals surface area (Å²) in [6, 6.07) is 10.8. The molecule has 0 saturated heterocycles. The van der Waals surface area contributed by atoms with E-state index in [0.717, 1.165) is 5.75 Å². The Kier molecular flexibility index (Phi) is 3.50. The fourth-order valence-corrected chi connectivity index (χ4v) is 1.98. The van der Waals surface area contributed by atoms with E-state index in [0.29, 0.717) is 24.5 Å². The molecule has 5 nitrogen and oxygen atoms in total. The van der Waals surface area contributed by atoms with Gasteiger partial charge in [-0.1, -0.05) is 12.1 Å². The molecule has 5 heteroatoms. The summed E-state index contributed by atoms with van der Waals surface area (Å²) in [6.45, 7) is 0.823. The van der Waals surface area contributed by atoms with Crippen molar-refractivity contribution >= 4 is 5.91 Å². The molecule has 1 atom stereocenters. The number of hydrogen-bond donors (Lipinski definition) is 1. The molecular weight excluding hydrogens is 256 g/mol. The third-order valence-corrected chi connectivity index (χ3v) is 3.00. The van der Waals surface area contributed by atoms with Crippen LogP contribution in [0.5, 0.6) is 11.5 Å². The molecule has 20 heavy (non-hydrogen) atoms. The number of ether oxygens (including phenoxy) is 2. The Morgan fingerprint density at radius 3 is 2.75 bits per heavy atom. The highest BCUT2D eigenvalue weighted by molar-refractivity contribution is 5.93. The Labute approximate surface area is 116 Å². The van der Waals surface area contributed by atoms with Crippen LogP contribution in [0, 0.1) is 0 Å². The maximum Gasteiger partial charge on any atom is 0.251 e. The number of pyridine rings is 1. The topological polar surface area (TPSA) is 60.5 Å². The molecule has 1 amide bonds. The van der Waals surface area contributed by atoms with Crippen molar-refractivity contribution < 1.29 is 14.3 Å². The van der Waals surface area contributed by atoms with Gasteiger partial charge < -0.3 is 14.8 Å².